The van der Waals surface area contributed by atoms with E-state index < -0.39 is 46.8 Å². The van der Waals surface area contributed by atoms with Crippen LogP contribution in [0.3, 0.4) is 0 Å². The van der Waals surface area contributed by atoms with Gasteiger partial charge in [-0.05, 0) is 0 Å². The van der Waals surface area contributed by atoms with Crippen LogP contribution in [0.4, 0.5) is 5.82 Å². The van der Waals surface area contributed by atoms with Crippen molar-refractivity contribution in [1.29, 1.82) is 0 Å². The van der Waals surface area contributed by atoms with Gasteiger partial charge in [-0.2, -0.15) is 0 Å². The summed E-state index contributed by atoms with van der Waals surface area (Å²) in [6, 6.07) is 0. The first-order valence-electron chi connectivity index (χ1n) is 7.17. The predicted molar refractivity (Wildman–Crippen MR) is 97.1 cm³/mol. The van der Waals surface area contributed by atoms with Gasteiger partial charge in [0.2, 0.25) is 0 Å². The van der Waals surface area contributed by atoms with Crippen molar-refractivity contribution < 1.29 is 47.6 Å². The molecule has 0 aromatic carbocycles. The van der Waals surface area contributed by atoms with Crippen LogP contribution in [-0.4, -0.2) is 98.7 Å². The van der Waals surface area contributed by atoms with E-state index in [0.717, 1.165) is 6.33 Å². The average Bonchev–Trinajstić information content (AvgIpc) is 3.07. The minimum absolute atomic E-state index is 0. The molecule has 1 aliphatic rings. The van der Waals surface area contributed by atoms with Crippen molar-refractivity contribution in [2.75, 3.05) is 12.3 Å². The van der Waals surface area contributed by atoms with Gasteiger partial charge in [-0.1, -0.05) is 7.43 Å². The van der Waals surface area contributed by atoms with Crippen LogP contribution in [0.2, 0.25) is 0 Å². The number of imidazole rings is 1. The van der Waals surface area contributed by atoms with Crippen LogP contribution in [-0.2, 0) is 22.9 Å². The summed E-state index contributed by atoms with van der Waals surface area (Å²) in [4.78, 5) is 47.5. The Morgan fingerprint density at radius 3 is 2.41 bits per heavy atom. The number of hydrogen-bond acceptors (Lipinski definition) is 10. The molecule has 1 aliphatic heterocycles. The first-order chi connectivity index (χ1) is 12.5. The van der Waals surface area contributed by atoms with Crippen molar-refractivity contribution in [2.45, 2.75) is 32.0 Å². The Morgan fingerprint density at radius 2 is 1.83 bits per heavy atom. The zero-order valence-corrected chi connectivity index (χ0v) is 18.0. The first-order valence-corrected chi connectivity index (χ1v) is 10.2. The second kappa shape index (κ2) is 9.75. The van der Waals surface area contributed by atoms with Crippen LogP contribution >= 0.6 is 15.6 Å². The summed E-state index contributed by atoms with van der Waals surface area (Å²) < 4.78 is 37.7. The van der Waals surface area contributed by atoms with Gasteiger partial charge in [-0.3, -0.25) is 13.6 Å². The molecule has 1 saturated heterocycles. The number of aromatic nitrogens is 4. The molecular formula is C11H19N5NaO10P2. The maximum atomic E-state index is 11.3. The monoisotopic (exact) mass is 466 g/mol. The Kier molecular flexibility index (Phi) is 8.91. The van der Waals surface area contributed by atoms with Crippen molar-refractivity contribution in [2.24, 2.45) is 0 Å². The number of hydrogen-bond donors (Lipinski definition) is 6. The Hall–Kier alpha value is -0.510. The van der Waals surface area contributed by atoms with E-state index in [1.807, 2.05) is 0 Å². The summed E-state index contributed by atoms with van der Waals surface area (Å²) in [6.07, 6.45) is -3.78. The van der Waals surface area contributed by atoms with E-state index in [2.05, 4.69) is 24.0 Å². The molecule has 0 spiro atoms. The Balaban J connectivity index is 0.00000210. The molecule has 2 aromatic heterocycles. The largest absolute Gasteiger partial charge is 0.470 e. The smallest absolute Gasteiger partial charge is 0.387 e. The molecule has 1 radical (unpaired) electrons. The fraction of sp³-hybridized carbons (Fsp3) is 0.545. The van der Waals surface area contributed by atoms with Crippen LogP contribution in [0.25, 0.3) is 11.2 Å². The summed E-state index contributed by atoms with van der Waals surface area (Å²) in [5, 5.41) is 10.3. The van der Waals surface area contributed by atoms with Crippen LogP contribution in [0.15, 0.2) is 12.7 Å². The molecule has 159 valence electrons. The maximum Gasteiger partial charge on any atom is 0.470 e. The fourth-order valence-corrected chi connectivity index (χ4v) is 3.47. The summed E-state index contributed by atoms with van der Waals surface area (Å²) in [6.45, 7) is -0.771. The zero-order valence-electron chi connectivity index (χ0n) is 14.2. The quantitative estimate of drug-likeness (QED) is 0.210. The number of phosphoric acid groups is 2. The molecule has 2 aromatic rings. The predicted octanol–water partition coefficient (Wildman–Crippen LogP) is -1.49. The van der Waals surface area contributed by atoms with Crippen molar-refractivity contribution >= 4 is 62.2 Å². The number of fused-ring (bicyclic) bond motifs is 1. The Bertz CT molecular complexity index is 934. The molecule has 0 aliphatic carbocycles. The number of aliphatic hydroxyl groups is 1. The van der Waals surface area contributed by atoms with Gasteiger partial charge < -0.3 is 35.2 Å². The minimum Gasteiger partial charge on any atom is -0.387 e. The molecular weight excluding hydrogens is 447 g/mol. The van der Waals surface area contributed by atoms with E-state index in [-0.39, 0.29) is 54.0 Å². The van der Waals surface area contributed by atoms with Crippen LogP contribution < -0.4 is 5.73 Å². The van der Waals surface area contributed by atoms with E-state index >= 15 is 0 Å². The molecule has 0 amide bonds. The van der Waals surface area contributed by atoms with Gasteiger partial charge in [0.05, 0.1) is 12.9 Å². The van der Waals surface area contributed by atoms with E-state index in [0.29, 0.717) is 0 Å². The molecule has 15 nitrogen and oxygen atoms in total. The van der Waals surface area contributed by atoms with Gasteiger partial charge in [0.15, 0.2) is 17.7 Å². The molecule has 0 bridgehead atoms. The third-order valence-corrected chi connectivity index (χ3v) is 4.64. The number of ether oxygens (including phenoxy) is 1. The number of nitrogen functional groups attached to an aromatic ring is 1. The number of rotatable bonds is 6. The summed E-state index contributed by atoms with van der Waals surface area (Å²) in [5.41, 5.74) is 5.96. The molecule has 18 heteroatoms. The summed E-state index contributed by atoms with van der Waals surface area (Å²) in [7, 11) is -9.94. The van der Waals surface area contributed by atoms with Crippen LogP contribution in [0, 0.1) is 0 Å². The summed E-state index contributed by atoms with van der Waals surface area (Å²) in [5.74, 6) is 0.0335. The van der Waals surface area contributed by atoms with Crippen molar-refractivity contribution in [3.63, 3.8) is 0 Å². The van der Waals surface area contributed by atoms with Crippen molar-refractivity contribution in [3.05, 3.63) is 12.7 Å². The van der Waals surface area contributed by atoms with Gasteiger partial charge in [0.25, 0.3) is 0 Å². The van der Waals surface area contributed by atoms with Crippen molar-refractivity contribution in [3.8, 4) is 0 Å². The standard InChI is InChI=1S/C10H15N5O10P2.CH4.Na/c11-8-5-9(13-2-12-8)15(3-14-5)10-7(25-27(20,21)22)6(16)4(24-10)1-23-26(17,18)19;;/h2-4,6-7,10,16H,1H2,(H2,11,12,13)(H2,17,18,19)(H2,20,21,22);1H4;/t4-,6-,7-,10-;;/m1../s1. The van der Waals surface area contributed by atoms with E-state index in [1.165, 1.54) is 10.9 Å². The molecule has 3 rings (SSSR count). The van der Waals surface area contributed by atoms with Gasteiger partial charge in [0.1, 0.15) is 30.2 Å². The van der Waals surface area contributed by atoms with Gasteiger partial charge in [-0.15, -0.1) is 0 Å². The molecule has 7 N–H and O–H groups in total. The third kappa shape index (κ3) is 6.24. The fourth-order valence-electron chi connectivity index (χ4n) is 2.58. The third-order valence-electron chi connectivity index (χ3n) is 3.64. The number of phosphoric ester groups is 2. The molecule has 1 fully saturated rings. The maximum absolute atomic E-state index is 11.3. The molecule has 0 unspecified atom stereocenters. The van der Waals surface area contributed by atoms with Crippen LogP contribution in [0.5, 0.6) is 0 Å². The number of nitrogens with two attached hydrogens (primary N) is 1. The summed E-state index contributed by atoms with van der Waals surface area (Å²) >= 11 is 0. The van der Waals surface area contributed by atoms with Crippen LogP contribution in [0.1, 0.15) is 13.7 Å². The molecule has 29 heavy (non-hydrogen) atoms. The van der Waals surface area contributed by atoms with Gasteiger partial charge in [0, 0.05) is 29.6 Å². The zero-order chi connectivity index (χ0) is 20.0. The number of aliphatic hydroxyl groups excluding tert-OH is 1. The van der Waals surface area contributed by atoms with Gasteiger partial charge >= 0.3 is 15.6 Å². The van der Waals surface area contributed by atoms with E-state index in [9.17, 15) is 14.2 Å². The van der Waals surface area contributed by atoms with E-state index in [1.54, 1.807) is 0 Å². The second-order valence-electron chi connectivity index (χ2n) is 5.49. The Labute approximate surface area is 186 Å². The first kappa shape index (κ1) is 26.5. The number of anilines is 1. The SMILES string of the molecule is C.Nc1ncnc2c1ncn2[C@@H]1O[C@H](COP(=O)(O)O)[C@@H](O)[C@H]1OP(=O)(O)O.[Na]. The normalized spacial score (nSPS) is 24.9. The molecule has 4 atom stereocenters. The molecule has 3 heterocycles. The van der Waals surface area contributed by atoms with E-state index in [4.69, 9.17) is 30.0 Å². The van der Waals surface area contributed by atoms with Crippen molar-refractivity contribution in [1.82, 2.24) is 19.5 Å². The number of nitrogens with zero attached hydrogens (tertiary/aromatic N) is 4. The van der Waals surface area contributed by atoms with Gasteiger partial charge in [-0.25, -0.2) is 24.1 Å². The average molecular weight is 466 g/mol. The minimum atomic E-state index is -5.06. The topological polar surface area (TPSA) is 233 Å². The second-order valence-corrected chi connectivity index (χ2v) is 7.92. The Morgan fingerprint density at radius 1 is 1.17 bits per heavy atom. The molecule has 0 saturated carbocycles.